The number of pyridine rings is 1. The number of hydrogen-bond donors (Lipinski definition) is 1. The molecule has 28 heavy (non-hydrogen) atoms. The van der Waals surface area contributed by atoms with Crippen molar-refractivity contribution in [3.63, 3.8) is 0 Å². The van der Waals surface area contributed by atoms with Gasteiger partial charge in [0, 0.05) is 22.2 Å². The number of aryl methyl sites for hydroxylation is 1. The van der Waals surface area contributed by atoms with Crippen molar-refractivity contribution >= 4 is 22.4 Å². The number of benzene rings is 1. The zero-order valence-electron chi connectivity index (χ0n) is 15.2. The van der Waals surface area contributed by atoms with E-state index in [4.69, 9.17) is 4.74 Å². The van der Waals surface area contributed by atoms with Crippen molar-refractivity contribution in [1.82, 2.24) is 24.7 Å². The Bertz CT molecular complexity index is 1110. The summed E-state index contributed by atoms with van der Waals surface area (Å²) >= 11 is 1.43. The molecule has 1 aromatic carbocycles. The van der Waals surface area contributed by atoms with Gasteiger partial charge in [0.25, 0.3) is 5.91 Å². The molecule has 140 valence electrons. The molecule has 0 radical (unpaired) electrons. The van der Waals surface area contributed by atoms with Crippen molar-refractivity contribution in [3.8, 4) is 22.8 Å². The second-order valence-corrected chi connectivity index (χ2v) is 7.05. The van der Waals surface area contributed by atoms with Gasteiger partial charge in [-0.2, -0.15) is 5.10 Å². The predicted molar refractivity (Wildman–Crippen MR) is 106 cm³/mol. The lowest BCUT2D eigenvalue weighted by Gasteiger charge is -2.04. The molecule has 0 unspecified atom stereocenters. The van der Waals surface area contributed by atoms with Crippen LogP contribution in [0.2, 0.25) is 0 Å². The summed E-state index contributed by atoms with van der Waals surface area (Å²) in [6, 6.07) is 10.9. The molecule has 3 heterocycles. The summed E-state index contributed by atoms with van der Waals surface area (Å²) in [6.07, 6.45) is 4.49. The van der Waals surface area contributed by atoms with Gasteiger partial charge in [0.1, 0.15) is 18.4 Å². The minimum atomic E-state index is -0.265. The lowest BCUT2D eigenvalue weighted by molar-refractivity contribution is 0.102. The van der Waals surface area contributed by atoms with Gasteiger partial charge in [-0.25, -0.2) is 19.6 Å². The van der Waals surface area contributed by atoms with Gasteiger partial charge in [0.15, 0.2) is 10.9 Å². The SMILES string of the molecule is COc1ccc(-c2nc(NC(=O)c3ccnc(-n4cncn4)c3)sc2C)cc1. The van der Waals surface area contributed by atoms with E-state index in [1.807, 2.05) is 31.2 Å². The lowest BCUT2D eigenvalue weighted by atomic mass is 10.1. The van der Waals surface area contributed by atoms with Crippen molar-refractivity contribution in [3.05, 3.63) is 65.7 Å². The number of methoxy groups -OCH3 is 1. The van der Waals surface area contributed by atoms with Crippen molar-refractivity contribution in [2.24, 2.45) is 0 Å². The normalized spacial score (nSPS) is 10.6. The Morgan fingerprint density at radius 2 is 2.04 bits per heavy atom. The molecule has 4 rings (SSSR count). The summed E-state index contributed by atoms with van der Waals surface area (Å²) in [5, 5.41) is 7.41. The van der Waals surface area contributed by atoms with Gasteiger partial charge in [0.2, 0.25) is 0 Å². The van der Waals surface area contributed by atoms with Gasteiger partial charge in [-0.3, -0.25) is 10.1 Å². The molecule has 0 bridgehead atoms. The molecule has 0 saturated carbocycles. The first kappa shape index (κ1) is 17.8. The molecule has 0 aliphatic heterocycles. The average Bonchev–Trinajstić information content (AvgIpc) is 3.38. The maximum absolute atomic E-state index is 12.6. The zero-order valence-corrected chi connectivity index (χ0v) is 16.0. The summed E-state index contributed by atoms with van der Waals surface area (Å²) in [7, 11) is 1.63. The number of aromatic nitrogens is 5. The van der Waals surface area contributed by atoms with Gasteiger partial charge in [-0.15, -0.1) is 11.3 Å². The third-order valence-corrected chi connectivity index (χ3v) is 4.93. The number of nitrogens with zero attached hydrogens (tertiary/aromatic N) is 5. The third-order valence-electron chi connectivity index (χ3n) is 4.04. The molecule has 0 aliphatic carbocycles. The van der Waals surface area contributed by atoms with Crippen LogP contribution in [0, 0.1) is 6.92 Å². The molecule has 0 atom stereocenters. The number of rotatable bonds is 5. The van der Waals surface area contributed by atoms with E-state index in [1.165, 1.54) is 28.7 Å². The molecule has 1 N–H and O–H groups in total. The molecule has 0 saturated heterocycles. The van der Waals surface area contributed by atoms with Crippen molar-refractivity contribution in [1.29, 1.82) is 0 Å². The zero-order chi connectivity index (χ0) is 19.5. The summed E-state index contributed by atoms with van der Waals surface area (Å²) in [5.74, 6) is 1.03. The summed E-state index contributed by atoms with van der Waals surface area (Å²) in [4.78, 5) is 26.3. The highest BCUT2D eigenvalue weighted by molar-refractivity contribution is 7.16. The summed E-state index contributed by atoms with van der Waals surface area (Å²) in [5.41, 5.74) is 2.26. The highest BCUT2D eigenvalue weighted by atomic mass is 32.1. The number of nitrogens with one attached hydrogen (secondary N) is 1. The van der Waals surface area contributed by atoms with Gasteiger partial charge in [-0.05, 0) is 43.3 Å². The number of ether oxygens (including phenoxy) is 1. The standard InChI is InChI=1S/C19H16N6O2S/c1-12-17(13-3-5-15(27-2)6-4-13)23-19(28-12)24-18(26)14-7-8-21-16(9-14)25-11-20-10-22-25/h3-11H,1-2H3,(H,23,24,26). The molecule has 8 nitrogen and oxygen atoms in total. The largest absolute Gasteiger partial charge is 0.497 e. The molecule has 0 spiro atoms. The maximum Gasteiger partial charge on any atom is 0.257 e. The number of anilines is 1. The Morgan fingerprint density at radius 3 is 2.75 bits per heavy atom. The minimum Gasteiger partial charge on any atom is -0.497 e. The van der Waals surface area contributed by atoms with Gasteiger partial charge in [0.05, 0.1) is 12.8 Å². The van der Waals surface area contributed by atoms with Crippen LogP contribution in [-0.2, 0) is 0 Å². The van der Waals surface area contributed by atoms with Crippen LogP contribution in [0.3, 0.4) is 0 Å². The fourth-order valence-electron chi connectivity index (χ4n) is 2.65. The van der Waals surface area contributed by atoms with E-state index in [2.05, 4.69) is 25.4 Å². The van der Waals surface area contributed by atoms with E-state index >= 15 is 0 Å². The number of amides is 1. The number of carbonyl (C=O) groups excluding carboxylic acids is 1. The first-order chi connectivity index (χ1) is 13.6. The first-order valence-corrected chi connectivity index (χ1v) is 9.20. The molecule has 3 aromatic heterocycles. The highest BCUT2D eigenvalue weighted by Crippen LogP contribution is 2.31. The van der Waals surface area contributed by atoms with E-state index in [0.29, 0.717) is 16.5 Å². The van der Waals surface area contributed by atoms with Crippen molar-refractivity contribution in [2.75, 3.05) is 12.4 Å². The third kappa shape index (κ3) is 3.60. The van der Waals surface area contributed by atoms with E-state index < -0.39 is 0 Å². The van der Waals surface area contributed by atoms with E-state index in [-0.39, 0.29) is 5.91 Å². The van der Waals surface area contributed by atoms with Gasteiger partial charge >= 0.3 is 0 Å². The first-order valence-electron chi connectivity index (χ1n) is 8.38. The number of carbonyl (C=O) groups is 1. The van der Waals surface area contributed by atoms with Crippen LogP contribution < -0.4 is 10.1 Å². The Kier molecular flexibility index (Phi) is 4.81. The quantitative estimate of drug-likeness (QED) is 0.560. The Hall–Kier alpha value is -3.59. The Balaban J connectivity index is 1.55. The van der Waals surface area contributed by atoms with Gasteiger partial charge in [-0.1, -0.05) is 0 Å². The molecule has 9 heteroatoms. The van der Waals surface area contributed by atoms with Crippen LogP contribution in [0.4, 0.5) is 5.13 Å². The fourth-order valence-corrected chi connectivity index (χ4v) is 3.48. The second kappa shape index (κ2) is 7.57. The summed E-state index contributed by atoms with van der Waals surface area (Å²) < 4.78 is 6.68. The smallest absolute Gasteiger partial charge is 0.257 e. The average molecular weight is 392 g/mol. The molecule has 0 fully saturated rings. The Morgan fingerprint density at radius 1 is 1.21 bits per heavy atom. The molecule has 4 aromatic rings. The van der Waals surface area contributed by atoms with Crippen LogP contribution >= 0.6 is 11.3 Å². The number of hydrogen-bond acceptors (Lipinski definition) is 7. The monoisotopic (exact) mass is 392 g/mol. The van der Waals surface area contributed by atoms with Crippen LogP contribution in [-0.4, -0.2) is 37.7 Å². The number of thiazole rings is 1. The minimum absolute atomic E-state index is 0.265. The predicted octanol–water partition coefficient (Wildman–Crippen LogP) is 3.36. The molecule has 0 aliphatic rings. The topological polar surface area (TPSA) is 94.8 Å². The van der Waals surface area contributed by atoms with Crippen LogP contribution in [0.5, 0.6) is 5.75 Å². The fraction of sp³-hybridized carbons (Fsp3) is 0.105. The van der Waals surface area contributed by atoms with Crippen molar-refractivity contribution in [2.45, 2.75) is 6.92 Å². The van der Waals surface area contributed by atoms with Gasteiger partial charge < -0.3 is 4.74 Å². The second-order valence-electron chi connectivity index (χ2n) is 5.85. The van der Waals surface area contributed by atoms with Crippen molar-refractivity contribution < 1.29 is 9.53 Å². The van der Waals surface area contributed by atoms with Crippen LogP contribution in [0.15, 0.2) is 55.2 Å². The molecule has 1 amide bonds. The van der Waals surface area contributed by atoms with E-state index in [0.717, 1.165) is 21.9 Å². The lowest BCUT2D eigenvalue weighted by Crippen LogP contribution is -2.12. The maximum atomic E-state index is 12.6. The molecular weight excluding hydrogens is 376 g/mol. The van der Waals surface area contributed by atoms with E-state index in [1.54, 1.807) is 25.4 Å². The van der Waals surface area contributed by atoms with Crippen LogP contribution in [0.25, 0.3) is 17.1 Å². The highest BCUT2D eigenvalue weighted by Gasteiger charge is 2.14. The molecular formula is C19H16N6O2S. The van der Waals surface area contributed by atoms with E-state index in [9.17, 15) is 4.79 Å². The van der Waals surface area contributed by atoms with Crippen LogP contribution in [0.1, 0.15) is 15.2 Å². The summed E-state index contributed by atoms with van der Waals surface area (Å²) in [6.45, 7) is 1.97. The Labute approximate surface area is 164 Å².